The highest BCUT2D eigenvalue weighted by atomic mass is 35.6. The van der Waals surface area contributed by atoms with E-state index in [1.165, 1.54) is 0 Å². The van der Waals surface area contributed by atoms with Crippen LogP contribution in [0.4, 0.5) is 0 Å². The third-order valence-corrected chi connectivity index (χ3v) is 2.18. The molecule has 0 aliphatic heterocycles. The van der Waals surface area contributed by atoms with Crippen molar-refractivity contribution in [2.24, 2.45) is 0 Å². The number of alkyl halides is 6. The second-order valence-corrected chi connectivity index (χ2v) is 8.74. The Morgan fingerprint density at radius 1 is 0.769 bits per heavy atom. The van der Waals surface area contributed by atoms with E-state index in [4.69, 9.17) is 69.6 Å². The Bertz CT molecular complexity index is 145. The molecule has 0 spiro atoms. The van der Waals surface area contributed by atoms with Gasteiger partial charge < -0.3 is 0 Å². The van der Waals surface area contributed by atoms with Gasteiger partial charge in [0.1, 0.15) is 4.33 Å². The molecule has 0 amide bonds. The van der Waals surface area contributed by atoms with Gasteiger partial charge in [0.15, 0.2) is 3.79 Å². The van der Waals surface area contributed by atoms with Crippen LogP contribution < -0.4 is 0 Å². The molecule has 0 aromatic heterocycles. The van der Waals surface area contributed by atoms with Gasteiger partial charge in [-0.2, -0.15) is 0 Å². The summed E-state index contributed by atoms with van der Waals surface area (Å²) >= 11 is 34.5. The summed E-state index contributed by atoms with van der Waals surface area (Å²) in [5.41, 5.74) is 0. The lowest BCUT2D eigenvalue weighted by atomic mass is 10.0. The lowest BCUT2D eigenvalue weighted by Gasteiger charge is -2.29. The third kappa shape index (κ3) is 10.0. The van der Waals surface area contributed by atoms with Gasteiger partial charge in [-0.3, -0.25) is 0 Å². The summed E-state index contributed by atoms with van der Waals surface area (Å²) in [6.07, 6.45) is 0.541. The highest BCUT2D eigenvalue weighted by Gasteiger charge is 2.37. The maximum atomic E-state index is 6.08. The first-order valence-corrected chi connectivity index (χ1v) is 5.82. The summed E-state index contributed by atoms with van der Waals surface area (Å²) in [4.78, 5) is -0.719. The second kappa shape index (κ2) is 4.72. The van der Waals surface area contributed by atoms with Crippen LogP contribution in [0, 0.1) is 0 Å². The topological polar surface area (TPSA) is 0 Å². The summed E-state index contributed by atoms with van der Waals surface area (Å²) in [6.45, 7) is 3.38. The maximum absolute atomic E-state index is 6.08. The van der Waals surface area contributed by atoms with Gasteiger partial charge in [-0.15, -0.1) is 34.8 Å². The molecule has 0 aromatic rings. The fourth-order valence-electron chi connectivity index (χ4n) is 1.13. The van der Waals surface area contributed by atoms with Crippen molar-refractivity contribution in [3.05, 3.63) is 0 Å². The van der Waals surface area contributed by atoms with Crippen LogP contribution in [0.15, 0.2) is 0 Å². The van der Waals surface area contributed by atoms with Gasteiger partial charge in [0.2, 0.25) is 0 Å². The molecule has 0 N–H and O–H groups in total. The summed E-state index contributed by atoms with van der Waals surface area (Å²) in [5.74, 6) is 0. The quantitative estimate of drug-likeness (QED) is 0.618. The molecular weight excluding hydrogens is 297 g/mol. The zero-order valence-corrected chi connectivity index (χ0v) is 11.7. The second-order valence-electron chi connectivity index (χ2n) is 3.45. The first-order chi connectivity index (χ1) is 5.41. The molecule has 0 aromatic carbocycles. The van der Waals surface area contributed by atoms with Gasteiger partial charge in [0, 0.05) is 11.3 Å². The monoisotopic (exact) mass is 304 g/mol. The lowest BCUT2D eigenvalue weighted by molar-refractivity contribution is 0.515. The summed E-state index contributed by atoms with van der Waals surface area (Å²) in [7, 11) is 0. The number of rotatable bonds is 3. The molecule has 1 atom stereocenters. The number of halogens is 6. The van der Waals surface area contributed by atoms with Gasteiger partial charge in [-0.05, 0) is 20.3 Å². The van der Waals surface area contributed by atoms with E-state index in [9.17, 15) is 0 Å². The van der Waals surface area contributed by atoms with Crippen LogP contribution in [0.5, 0.6) is 0 Å². The standard InChI is InChI=1S/C7H10Cl6/c1-5(8,3-6(2,9)10)4-7(11,12)13/h3-4H2,1-2H3. The van der Waals surface area contributed by atoms with Gasteiger partial charge in [0.05, 0.1) is 0 Å². The Morgan fingerprint density at radius 2 is 1.15 bits per heavy atom. The molecule has 0 aliphatic rings. The predicted molar refractivity (Wildman–Crippen MR) is 63.9 cm³/mol. The first-order valence-electron chi connectivity index (χ1n) is 3.55. The number of hydrogen-bond donors (Lipinski definition) is 0. The van der Waals surface area contributed by atoms with Crippen molar-refractivity contribution in [1.29, 1.82) is 0 Å². The highest BCUT2D eigenvalue weighted by Crippen LogP contribution is 2.43. The lowest BCUT2D eigenvalue weighted by Crippen LogP contribution is -2.29. The van der Waals surface area contributed by atoms with Crippen molar-refractivity contribution in [3.8, 4) is 0 Å². The highest BCUT2D eigenvalue weighted by molar-refractivity contribution is 6.67. The Balaban J connectivity index is 4.25. The van der Waals surface area contributed by atoms with Crippen molar-refractivity contribution in [3.63, 3.8) is 0 Å². The summed E-state index contributed by atoms with van der Waals surface area (Å²) in [6, 6.07) is 0. The molecule has 0 saturated carbocycles. The largest absolute Gasteiger partial charge is 0.192 e. The molecule has 80 valence electrons. The molecule has 0 nitrogen and oxygen atoms in total. The van der Waals surface area contributed by atoms with Gasteiger partial charge in [0.25, 0.3) is 0 Å². The van der Waals surface area contributed by atoms with Crippen molar-refractivity contribution in [1.82, 2.24) is 0 Å². The minimum absolute atomic E-state index is 0.196. The predicted octanol–water partition coefficient (Wildman–Crippen LogP) is 5.33. The molecule has 0 rings (SSSR count). The molecular formula is C7H10Cl6. The molecule has 0 fully saturated rings. The minimum atomic E-state index is -1.38. The van der Waals surface area contributed by atoms with E-state index in [1.807, 2.05) is 0 Å². The normalized spacial score (nSPS) is 18.5. The average molecular weight is 307 g/mol. The van der Waals surface area contributed by atoms with E-state index in [0.29, 0.717) is 6.42 Å². The summed E-state index contributed by atoms with van der Waals surface area (Å²) < 4.78 is -2.29. The molecule has 0 radical (unpaired) electrons. The molecule has 6 heteroatoms. The van der Waals surface area contributed by atoms with Gasteiger partial charge in [-0.25, -0.2) is 0 Å². The van der Waals surface area contributed by atoms with Crippen molar-refractivity contribution < 1.29 is 0 Å². The SMILES string of the molecule is CC(Cl)(Cl)CC(C)(Cl)CC(Cl)(Cl)Cl. The minimum Gasteiger partial charge on any atom is -0.119 e. The Labute approximate surface area is 109 Å². The van der Waals surface area contributed by atoms with Crippen LogP contribution in [-0.4, -0.2) is 13.0 Å². The fourth-order valence-corrected chi connectivity index (χ4v) is 3.41. The molecule has 1 unspecified atom stereocenters. The first kappa shape index (κ1) is 14.7. The van der Waals surface area contributed by atoms with Crippen LogP contribution in [0.1, 0.15) is 26.7 Å². The molecule has 0 heterocycles. The Kier molecular flexibility index (Phi) is 5.35. The number of hydrogen-bond acceptors (Lipinski definition) is 0. The average Bonchev–Trinajstić information content (AvgIpc) is 1.43. The van der Waals surface area contributed by atoms with Crippen molar-refractivity contribution >= 4 is 69.6 Å². The molecule has 0 aliphatic carbocycles. The molecule has 0 bridgehead atoms. The van der Waals surface area contributed by atoms with Crippen molar-refractivity contribution in [2.75, 3.05) is 0 Å². The zero-order chi connectivity index (χ0) is 10.9. The van der Waals surface area contributed by atoms with E-state index in [-0.39, 0.29) is 6.42 Å². The molecule has 13 heavy (non-hydrogen) atoms. The fraction of sp³-hybridized carbons (Fsp3) is 1.00. The van der Waals surface area contributed by atoms with E-state index in [0.717, 1.165) is 0 Å². The van der Waals surface area contributed by atoms with E-state index >= 15 is 0 Å². The Morgan fingerprint density at radius 3 is 1.38 bits per heavy atom. The van der Waals surface area contributed by atoms with Crippen LogP contribution in [-0.2, 0) is 0 Å². The van der Waals surface area contributed by atoms with Gasteiger partial charge >= 0.3 is 0 Å². The summed E-state index contributed by atoms with van der Waals surface area (Å²) in [5, 5.41) is 0. The van der Waals surface area contributed by atoms with E-state index < -0.39 is 13.0 Å². The third-order valence-electron chi connectivity index (χ3n) is 1.25. The van der Waals surface area contributed by atoms with Crippen LogP contribution in [0.25, 0.3) is 0 Å². The van der Waals surface area contributed by atoms with Gasteiger partial charge in [-0.1, -0.05) is 34.8 Å². The van der Waals surface area contributed by atoms with Crippen LogP contribution >= 0.6 is 69.6 Å². The maximum Gasteiger partial charge on any atom is 0.192 e. The zero-order valence-electron chi connectivity index (χ0n) is 7.18. The van der Waals surface area contributed by atoms with E-state index in [1.54, 1.807) is 13.8 Å². The van der Waals surface area contributed by atoms with Crippen LogP contribution in [0.3, 0.4) is 0 Å². The van der Waals surface area contributed by atoms with E-state index in [2.05, 4.69) is 0 Å². The van der Waals surface area contributed by atoms with Crippen LogP contribution in [0.2, 0.25) is 0 Å². The molecule has 0 saturated heterocycles. The Hall–Kier alpha value is 1.74. The smallest absolute Gasteiger partial charge is 0.119 e. The van der Waals surface area contributed by atoms with Crippen molar-refractivity contribution in [2.45, 2.75) is 39.7 Å².